The van der Waals surface area contributed by atoms with Crippen LogP contribution in [0.25, 0.3) is 0 Å². The van der Waals surface area contributed by atoms with Crippen molar-refractivity contribution in [2.75, 3.05) is 0 Å². The van der Waals surface area contributed by atoms with Crippen molar-refractivity contribution in [3.63, 3.8) is 0 Å². The Kier molecular flexibility index (Phi) is 19.4. The van der Waals surface area contributed by atoms with Crippen LogP contribution < -0.4 is 24.0 Å². The first-order chi connectivity index (χ1) is 6.37. The summed E-state index contributed by atoms with van der Waals surface area (Å²) in [7, 11) is -7.81. The van der Waals surface area contributed by atoms with Crippen molar-refractivity contribution in [1.82, 2.24) is 0 Å². The van der Waals surface area contributed by atoms with Crippen LogP contribution >= 0.6 is 7.82 Å². The maximum Gasteiger partial charge on any atom is 1.00 e. The Bertz CT molecular complexity index is 219. The minimum absolute atomic E-state index is 0. The monoisotopic (exact) mass is 260 g/mol. The average molecular weight is 260 g/mol. The molecular formula is C2H5BF2LiO9P. The van der Waals surface area contributed by atoms with E-state index in [-0.39, 0.29) is 18.9 Å². The van der Waals surface area contributed by atoms with Gasteiger partial charge in [-0.3, -0.25) is 8.63 Å². The van der Waals surface area contributed by atoms with Gasteiger partial charge in [0.15, 0.2) is 5.97 Å². The van der Waals surface area contributed by atoms with E-state index in [1.807, 2.05) is 0 Å². The molecule has 0 saturated heterocycles. The molecular weight excluding hydrogens is 255 g/mol. The van der Waals surface area contributed by atoms with Crippen molar-refractivity contribution >= 4 is 27.2 Å². The SMILES string of the molecule is O=C([O-])C(=O)O.O=P(O)(O)O.OB(F)F.[Li+]. The van der Waals surface area contributed by atoms with Crippen molar-refractivity contribution in [3.8, 4) is 0 Å². The number of rotatable bonds is 0. The smallest absolute Gasteiger partial charge is 0.539 e. The van der Waals surface area contributed by atoms with E-state index in [1.165, 1.54) is 0 Å². The molecule has 0 unspecified atom stereocenters. The second-order valence-corrected chi connectivity index (χ2v) is 2.41. The molecule has 0 aliphatic heterocycles. The van der Waals surface area contributed by atoms with Gasteiger partial charge in [-0.05, 0) is 0 Å². The molecule has 0 bridgehead atoms. The first-order valence-electron chi connectivity index (χ1n) is 2.56. The molecule has 0 saturated carbocycles. The van der Waals surface area contributed by atoms with Crippen LogP contribution in [0.2, 0.25) is 0 Å². The molecule has 0 aromatic carbocycles. The van der Waals surface area contributed by atoms with Gasteiger partial charge in [0.25, 0.3) is 0 Å². The van der Waals surface area contributed by atoms with Crippen LogP contribution in [0.3, 0.4) is 0 Å². The number of carbonyl (C=O) groups excluding carboxylic acids is 1. The molecule has 9 nitrogen and oxygen atoms in total. The van der Waals surface area contributed by atoms with Gasteiger partial charge in [-0.1, -0.05) is 0 Å². The molecule has 0 amide bonds. The molecule has 0 rings (SSSR count). The summed E-state index contributed by atoms with van der Waals surface area (Å²) in [6.45, 7) is 0. The van der Waals surface area contributed by atoms with Crippen molar-refractivity contribution in [2.45, 2.75) is 0 Å². The van der Waals surface area contributed by atoms with Crippen molar-refractivity contribution < 1.29 is 71.6 Å². The minimum Gasteiger partial charge on any atom is -0.539 e. The van der Waals surface area contributed by atoms with Crippen LogP contribution in [0.5, 0.6) is 0 Å². The Morgan fingerprint density at radius 3 is 1.25 bits per heavy atom. The van der Waals surface area contributed by atoms with Crippen LogP contribution in [0, 0.1) is 0 Å². The van der Waals surface area contributed by atoms with E-state index >= 15 is 0 Å². The van der Waals surface area contributed by atoms with Gasteiger partial charge in [0, 0.05) is 0 Å². The predicted molar refractivity (Wildman–Crippen MR) is 37.1 cm³/mol. The summed E-state index contributed by atoms with van der Waals surface area (Å²) in [6, 6.07) is 0. The van der Waals surface area contributed by atoms with Crippen LogP contribution in [0.1, 0.15) is 0 Å². The summed E-state index contributed by atoms with van der Waals surface area (Å²) < 4.78 is 28.7. The van der Waals surface area contributed by atoms with Gasteiger partial charge in [-0.2, -0.15) is 0 Å². The van der Waals surface area contributed by atoms with Gasteiger partial charge < -0.3 is 34.7 Å². The first-order valence-corrected chi connectivity index (χ1v) is 4.13. The molecule has 0 aromatic rings. The van der Waals surface area contributed by atoms with Crippen LogP contribution in [0.4, 0.5) is 8.63 Å². The van der Waals surface area contributed by atoms with Gasteiger partial charge in [0.2, 0.25) is 0 Å². The van der Waals surface area contributed by atoms with E-state index < -0.39 is 27.2 Å². The second kappa shape index (κ2) is 12.6. The van der Waals surface area contributed by atoms with E-state index in [0.717, 1.165) is 0 Å². The molecule has 0 atom stereocenters. The fourth-order valence-electron chi connectivity index (χ4n) is 0. The quantitative estimate of drug-likeness (QED) is 0.161. The van der Waals surface area contributed by atoms with Gasteiger partial charge in [0.1, 0.15) is 0 Å². The fraction of sp³-hybridized carbons (Fsp3) is 0. The summed E-state index contributed by atoms with van der Waals surface area (Å²) in [6.07, 6.45) is 0. The summed E-state index contributed by atoms with van der Waals surface area (Å²) >= 11 is 0. The molecule has 0 fully saturated rings. The third-order valence-electron chi connectivity index (χ3n) is 0.175. The standard InChI is InChI=1S/C2H2O4.BF2HO.Li.H3O4P/c3-1(4)2(5)6;2-1(3)4;;1-5(2,3)4/h(H,3,4)(H,5,6);4H;;(H3,1,2,3,4)/q;;+1;/p-1. The van der Waals surface area contributed by atoms with E-state index in [2.05, 4.69) is 0 Å². The van der Waals surface area contributed by atoms with Crippen molar-refractivity contribution in [3.05, 3.63) is 0 Å². The van der Waals surface area contributed by atoms with Gasteiger partial charge in [-0.15, -0.1) is 0 Å². The van der Waals surface area contributed by atoms with Crippen LogP contribution in [0.15, 0.2) is 0 Å². The van der Waals surface area contributed by atoms with Gasteiger partial charge in [0.05, 0.1) is 0 Å². The Balaban J connectivity index is -0.0000000668. The number of phosphoric acid groups is 1. The van der Waals surface area contributed by atoms with Crippen LogP contribution in [-0.4, -0.2) is 44.2 Å². The zero-order chi connectivity index (χ0) is 13.2. The summed E-state index contributed by atoms with van der Waals surface area (Å²) in [4.78, 5) is 39.6. The van der Waals surface area contributed by atoms with E-state index in [9.17, 15) is 8.63 Å². The van der Waals surface area contributed by atoms with E-state index in [0.29, 0.717) is 0 Å². The molecule has 0 aliphatic rings. The first kappa shape index (κ1) is 24.7. The predicted octanol–water partition coefficient (Wildman–Crippen LogP) is -6.20. The zero-order valence-electron chi connectivity index (χ0n) is 7.65. The third-order valence-corrected chi connectivity index (χ3v) is 0.175. The largest absolute Gasteiger partial charge is 1.00 e. The van der Waals surface area contributed by atoms with Crippen molar-refractivity contribution in [1.29, 1.82) is 0 Å². The molecule has 16 heavy (non-hydrogen) atoms. The average Bonchev–Trinajstić information content (AvgIpc) is 1.80. The molecule has 90 valence electrons. The van der Waals surface area contributed by atoms with Crippen molar-refractivity contribution in [2.24, 2.45) is 0 Å². The Labute approximate surface area is 99.3 Å². The van der Waals surface area contributed by atoms with Crippen LogP contribution in [-0.2, 0) is 14.2 Å². The Hall–Kier alpha value is -0.468. The van der Waals surface area contributed by atoms with Gasteiger partial charge >= 0.3 is 40.1 Å². The fourth-order valence-corrected chi connectivity index (χ4v) is 0. The molecule has 0 aromatic heterocycles. The molecule has 0 spiro atoms. The Morgan fingerprint density at radius 1 is 1.19 bits per heavy atom. The number of aliphatic carboxylic acids is 2. The number of carboxylic acids is 2. The molecule has 0 aliphatic carbocycles. The number of hydrogen-bond donors (Lipinski definition) is 5. The zero-order valence-corrected chi connectivity index (χ0v) is 8.54. The third kappa shape index (κ3) is 170. The van der Waals surface area contributed by atoms with E-state index in [1.54, 1.807) is 0 Å². The molecule has 14 heteroatoms. The van der Waals surface area contributed by atoms with E-state index in [4.69, 9.17) is 44.1 Å². The molecule has 0 radical (unpaired) electrons. The van der Waals surface area contributed by atoms with Gasteiger partial charge in [-0.25, -0.2) is 9.36 Å². The second-order valence-electron chi connectivity index (χ2n) is 1.38. The number of carboxylic acid groups (broad SMARTS) is 2. The number of carbonyl (C=O) groups is 2. The molecule has 5 N–H and O–H groups in total. The normalized spacial score (nSPS) is 8.12. The topological polar surface area (TPSA) is 175 Å². The minimum atomic E-state index is -4.64. The summed E-state index contributed by atoms with van der Waals surface area (Å²) in [5, 5.41) is 23.0. The maximum absolute atomic E-state index is 9.89. The number of halogens is 2. The summed E-state index contributed by atoms with van der Waals surface area (Å²) in [5.41, 5.74) is 0. The number of hydrogen-bond acceptors (Lipinski definition) is 5. The maximum atomic E-state index is 9.89. The molecule has 0 heterocycles. The Morgan fingerprint density at radius 2 is 1.25 bits per heavy atom. The summed E-state index contributed by atoms with van der Waals surface area (Å²) in [5.74, 6) is -4.01.